The number of fused-ring (bicyclic) bond motifs is 1. The van der Waals surface area contributed by atoms with E-state index in [0.29, 0.717) is 28.9 Å². The molecule has 0 aliphatic rings. The molecule has 7 nitrogen and oxygen atoms in total. The molecule has 0 aliphatic carbocycles. The minimum absolute atomic E-state index is 0.295. The van der Waals surface area contributed by atoms with E-state index in [1.807, 2.05) is 13.0 Å². The van der Waals surface area contributed by atoms with Crippen LogP contribution in [0.5, 0.6) is 0 Å². The van der Waals surface area contributed by atoms with Gasteiger partial charge in [0.2, 0.25) is 0 Å². The second-order valence-electron chi connectivity index (χ2n) is 5.55. The van der Waals surface area contributed by atoms with Gasteiger partial charge >= 0.3 is 5.97 Å². The summed E-state index contributed by atoms with van der Waals surface area (Å²) in [4.78, 5) is 32.7. The molecule has 2 heterocycles. The molecule has 0 spiro atoms. The highest BCUT2D eigenvalue weighted by atomic mass is 16.5. The Balaban J connectivity index is 1.68. The van der Waals surface area contributed by atoms with E-state index < -0.39 is 18.0 Å². The highest BCUT2D eigenvalue weighted by Gasteiger charge is 2.22. The smallest absolute Gasteiger partial charge is 0.339 e. The van der Waals surface area contributed by atoms with Gasteiger partial charge in [-0.25, -0.2) is 14.8 Å². The second-order valence-corrected chi connectivity index (χ2v) is 5.55. The van der Waals surface area contributed by atoms with Crippen molar-refractivity contribution in [3.8, 4) is 0 Å². The zero-order chi connectivity index (χ0) is 17.8. The van der Waals surface area contributed by atoms with Gasteiger partial charge in [0.25, 0.3) is 5.91 Å². The first-order valence-electron chi connectivity index (χ1n) is 7.84. The van der Waals surface area contributed by atoms with Gasteiger partial charge in [0, 0.05) is 6.20 Å². The van der Waals surface area contributed by atoms with Crippen LogP contribution in [0.2, 0.25) is 0 Å². The van der Waals surface area contributed by atoms with Gasteiger partial charge in [-0.05, 0) is 43.2 Å². The molecular formula is C18H17N3O4. The summed E-state index contributed by atoms with van der Waals surface area (Å²) in [5, 5.41) is 2.65. The zero-order valence-corrected chi connectivity index (χ0v) is 13.9. The minimum Gasteiger partial charge on any atom is -0.449 e. The standard InChI is InChI=1S/C18H17N3O4/c1-3-14(17(22)21-16-7-4-11(2)9-19-16)25-18(23)12-5-6-13-15(8-12)24-10-20-13/h4-10,14H,3H2,1-2H3,(H,19,21,22). The normalized spacial score (nSPS) is 11.9. The number of carbonyl (C=O) groups excluding carboxylic acids is 2. The number of pyridine rings is 1. The van der Waals surface area contributed by atoms with Crippen LogP contribution in [-0.4, -0.2) is 27.9 Å². The Bertz CT molecular complexity index is 902. The maximum absolute atomic E-state index is 12.3. The number of aryl methyl sites for hydroxylation is 1. The van der Waals surface area contributed by atoms with Crippen molar-refractivity contribution < 1.29 is 18.7 Å². The summed E-state index contributed by atoms with van der Waals surface area (Å²) in [5.74, 6) is -0.613. The number of aromatic nitrogens is 2. The highest BCUT2D eigenvalue weighted by Crippen LogP contribution is 2.16. The molecule has 128 valence electrons. The maximum atomic E-state index is 12.3. The molecule has 2 aromatic heterocycles. The number of benzene rings is 1. The molecule has 0 fully saturated rings. The fourth-order valence-electron chi connectivity index (χ4n) is 2.25. The van der Waals surface area contributed by atoms with Gasteiger partial charge < -0.3 is 14.5 Å². The lowest BCUT2D eigenvalue weighted by atomic mass is 10.2. The number of oxazole rings is 1. The number of carbonyl (C=O) groups is 2. The molecule has 7 heteroatoms. The Hall–Kier alpha value is -3.22. The summed E-state index contributed by atoms with van der Waals surface area (Å²) in [6.07, 6.45) is 2.38. The largest absolute Gasteiger partial charge is 0.449 e. The third-order valence-corrected chi connectivity index (χ3v) is 3.64. The molecule has 3 aromatic rings. The Morgan fingerprint density at radius 3 is 2.80 bits per heavy atom. The number of esters is 1. The van der Waals surface area contributed by atoms with Gasteiger partial charge in [0.05, 0.1) is 5.56 Å². The average molecular weight is 339 g/mol. The van der Waals surface area contributed by atoms with E-state index in [4.69, 9.17) is 9.15 Å². The van der Waals surface area contributed by atoms with Crippen molar-refractivity contribution in [1.29, 1.82) is 0 Å². The van der Waals surface area contributed by atoms with Crippen LogP contribution in [0.4, 0.5) is 5.82 Å². The number of ether oxygens (including phenoxy) is 1. The van der Waals surface area contributed by atoms with E-state index in [1.54, 1.807) is 31.3 Å². The van der Waals surface area contributed by atoms with Crippen molar-refractivity contribution in [2.75, 3.05) is 5.32 Å². The summed E-state index contributed by atoms with van der Waals surface area (Å²) in [5.41, 5.74) is 2.41. The second kappa shape index (κ2) is 7.12. The van der Waals surface area contributed by atoms with Gasteiger partial charge in [-0.2, -0.15) is 0 Å². The van der Waals surface area contributed by atoms with Crippen LogP contribution in [-0.2, 0) is 9.53 Å². The van der Waals surface area contributed by atoms with Crippen LogP contribution in [0.25, 0.3) is 11.1 Å². The van der Waals surface area contributed by atoms with Crippen LogP contribution in [0.1, 0.15) is 29.3 Å². The molecule has 25 heavy (non-hydrogen) atoms. The molecule has 0 bridgehead atoms. The molecule has 0 saturated carbocycles. The number of nitrogens with one attached hydrogen (secondary N) is 1. The summed E-state index contributed by atoms with van der Waals surface area (Å²) in [6, 6.07) is 8.31. The first-order valence-corrected chi connectivity index (χ1v) is 7.84. The molecule has 1 atom stereocenters. The molecule has 0 radical (unpaired) electrons. The minimum atomic E-state index is -0.916. The number of amides is 1. The molecule has 3 rings (SSSR count). The lowest BCUT2D eigenvalue weighted by molar-refractivity contribution is -0.124. The van der Waals surface area contributed by atoms with Crippen molar-refractivity contribution in [2.24, 2.45) is 0 Å². The Morgan fingerprint density at radius 1 is 1.24 bits per heavy atom. The van der Waals surface area contributed by atoms with Gasteiger partial charge in [-0.3, -0.25) is 4.79 Å². The molecule has 0 saturated heterocycles. The lowest BCUT2D eigenvalue weighted by Crippen LogP contribution is -2.32. The van der Waals surface area contributed by atoms with Crippen molar-refractivity contribution in [2.45, 2.75) is 26.4 Å². The third-order valence-electron chi connectivity index (χ3n) is 3.64. The lowest BCUT2D eigenvalue weighted by Gasteiger charge is -2.15. The first-order chi connectivity index (χ1) is 12.1. The van der Waals surface area contributed by atoms with E-state index >= 15 is 0 Å². The van der Waals surface area contributed by atoms with Crippen molar-refractivity contribution >= 4 is 28.8 Å². The molecule has 1 N–H and O–H groups in total. The van der Waals surface area contributed by atoms with Crippen LogP contribution in [0, 0.1) is 6.92 Å². The van der Waals surface area contributed by atoms with E-state index in [1.165, 1.54) is 12.5 Å². The van der Waals surface area contributed by atoms with Crippen molar-refractivity contribution in [3.63, 3.8) is 0 Å². The number of rotatable bonds is 5. The van der Waals surface area contributed by atoms with E-state index in [-0.39, 0.29) is 0 Å². The van der Waals surface area contributed by atoms with Crippen LogP contribution in [0.15, 0.2) is 47.3 Å². The predicted octanol–water partition coefficient (Wildman–Crippen LogP) is 3.11. The van der Waals surface area contributed by atoms with Crippen LogP contribution >= 0.6 is 0 Å². The van der Waals surface area contributed by atoms with Gasteiger partial charge in [0.1, 0.15) is 11.3 Å². The van der Waals surface area contributed by atoms with E-state index in [9.17, 15) is 9.59 Å². The Labute approximate surface area is 144 Å². The summed E-state index contributed by atoms with van der Waals surface area (Å²) in [6.45, 7) is 3.67. The fourth-order valence-corrected chi connectivity index (χ4v) is 2.25. The molecule has 0 aliphatic heterocycles. The molecule has 1 unspecified atom stereocenters. The maximum Gasteiger partial charge on any atom is 0.339 e. The Kier molecular flexibility index (Phi) is 4.74. The summed E-state index contributed by atoms with van der Waals surface area (Å²) in [7, 11) is 0. The topological polar surface area (TPSA) is 94.3 Å². The first kappa shape index (κ1) is 16.6. The SMILES string of the molecule is CCC(OC(=O)c1ccc2ncoc2c1)C(=O)Nc1ccc(C)cn1. The number of hydrogen-bond donors (Lipinski definition) is 1. The fraction of sp³-hybridized carbons (Fsp3) is 0.222. The van der Waals surface area contributed by atoms with Crippen LogP contribution in [0.3, 0.4) is 0 Å². The predicted molar refractivity (Wildman–Crippen MR) is 91.1 cm³/mol. The number of anilines is 1. The van der Waals surface area contributed by atoms with E-state index in [2.05, 4.69) is 15.3 Å². The van der Waals surface area contributed by atoms with Crippen molar-refractivity contribution in [1.82, 2.24) is 9.97 Å². The summed E-state index contributed by atoms with van der Waals surface area (Å²) >= 11 is 0. The quantitative estimate of drug-likeness (QED) is 0.718. The molecule has 1 aromatic carbocycles. The number of nitrogens with zero attached hydrogens (tertiary/aromatic N) is 2. The van der Waals surface area contributed by atoms with Crippen molar-refractivity contribution in [3.05, 3.63) is 54.0 Å². The van der Waals surface area contributed by atoms with Gasteiger partial charge in [-0.1, -0.05) is 13.0 Å². The van der Waals surface area contributed by atoms with Gasteiger partial charge in [-0.15, -0.1) is 0 Å². The summed E-state index contributed by atoms with van der Waals surface area (Å²) < 4.78 is 10.5. The number of hydrogen-bond acceptors (Lipinski definition) is 6. The molecular weight excluding hydrogens is 322 g/mol. The van der Waals surface area contributed by atoms with Crippen LogP contribution < -0.4 is 5.32 Å². The molecule has 1 amide bonds. The monoisotopic (exact) mass is 339 g/mol. The van der Waals surface area contributed by atoms with Gasteiger partial charge in [0.15, 0.2) is 18.1 Å². The average Bonchev–Trinajstić information content (AvgIpc) is 3.09. The third kappa shape index (κ3) is 3.82. The Morgan fingerprint density at radius 2 is 2.08 bits per heavy atom. The zero-order valence-electron chi connectivity index (χ0n) is 13.9. The van der Waals surface area contributed by atoms with E-state index in [0.717, 1.165) is 5.56 Å². The highest BCUT2D eigenvalue weighted by molar-refractivity contribution is 5.98.